The summed E-state index contributed by atoms with van der Waals surface area (Å²) in [6.07, 6.45) is 5.66. The zero-order valence-electron chi connectivity index (χ0n) is 13.3. The van der Waals surface area contributed by atoms with Gasteiger partial charge in [-0.25, -0.2) is 0 Å². The summed E-state index contributed by atoms with van der Waals surface area (Å²) >= 11 is 0. The molecule has 0 aliphatic heterocycles. The topological polar surface area (TPSA) is 0 Å². The van der Waals surface area contributed by atoms with Crippen LogP contribution in [0.15, 0.2) is 79.9 Å². The number of rotatable bonds is 4. The second kappa shape index (κ2) is 8.76. The van der Waals surface area contributed by atoms with Gasteiger partial charge in [-0.2, -0.15) is 0 Å². The first kappa shape index (κ1) is 16.7. The Balaban J connectivity index is 0.00000106. The largest absolute Gasteiger partial charge is 0.0990 e. The SMILES string of the molecule is C=C/C=C(\C=C)c1cc(-c2ccccc2)ccc1C.CC. The second-order valence-corrected chi connectivity index (χ2v) is 4.46. The Hall–Kier alpha value is -2.34. The highest BCUT2D eigenvalue weighted by Gasteiger charge is 2.04. The number of aryl methyl sites for hydroxylation is 1. The van der Waals surface area contributed by atoms with Crippen molar-refractivity contribution < 1.29 is 0 Å². The van der Waals surface area contributed by atoms with E-state index in [0.29, 0.717) is 0 Å². The van der Waals surface area contributed by atoms with Crippen LogP contribution in [0.3, 0.4) is 0 Å². The minimum Gasteiger partial charge on any atom is -0.0990 e. The average Bonchev–Trinajstić information content (AvgIpc) is 2.56. The van der Waals surface area contributed by atoms with Crippen LogP contribution in [0.1, 0.15) is 25.0 Å². The van der Waals surface area contributed by atoms with E-state index in [0.717, 1.165) is 5.57 Å². The second-order valence-electron chi connectivity index (χ2n) is 4.46. The molecule has 0 N–H and O–H groups in total. The molecular formula is C21H24. The van der Waals surface area contributed by atoms with Crippen molar-refractivity contribution >= 4 is 5.57 Å². The maximum Gasteiger partial charge on any atom is -0.0149 e. The van der Waals surface area contributed by atoms with Crippen LogP contribution in [-0.4, -0.2) is 0 Å². The fourth-order valence-corrected chi connectivity index (χ4v) is 2.14. The quantitative estimate of drug-likeness (QED) is 0.563. The summed E-state index contributed by atoms with van der Waals surface area (Å²) in [5.41, 5.74) is 6.00. The third-order valence-corrected chi connectivity index (χ3v) is 3.17. The number of benzene rings is 2. The summed E-state index contributed by atoms with van der Waals surface area (Å²) in [6, 6.07) is 16.9. The van der Waals surface area contributed by atoms with Crippen LogP contribution >= 0.6 is 0 Å². The van der Waals surface area contributed by atoms with Crippen LogP contribution in [0.4, 0.5) is 0 Å². The molecule has 2 aromatic carbocycles. The van der Waals surface area contributed by atoms with Gasteiger partial charge >= 0.3 is 0 Å². The van der Waals surface area contributed by atoms with Crippen molar-refractivity contribution in [2.45, 2.75) is 20.8 Å². The molecule has 2 aromatic rings. The Kier molecular flexibility index (Phi) is 6.97. The lowest BCUT2D eigenvalue weighted by molar-refractivity contribution is 1.42. The average molecular weight is 276 g/mol. The number of allylic oxidation sites excluding steroid dienone is 4. The van der Waals surface area contributed by atoms with Crippen LogP contribution in [-0.2, 0) is 0 Å². The normalized spacial score (nSPS) is 10.3. The monoisotopic (exact) mass is 276 g/mol. The molecule has 0 spiro atoms. The first-order valence-corrected chi connectivity index (χ1v) is 7.38. The predicted octanol–water partition coefficient (Wildman–Crippen LogP) is 6.44. The molecule has 0 bridgehead atoms. The van der Waals surface area contributed by atoms with E-state index in [1.54, 1.807) is 6.08 Å². The fourth-order valence-electron chi connectivity index (χ4n) is 2.14. The van der Waals surface area contributed by atoms with Gasteiger partial charge in [0.1, 0.15) is 0 Å². The molecule has 0 unspecified atom stereocenters. The summed E-state index contributed by atoms with van der Waals surface area (Å²) in [4.78, 5) is 0. The van der Waals surface area contributed by atoms with Crippen LogP contribution in [0.25, 0.3) is 16.7 Å². The molecule has 0 radical (unpaired) electrons. The van der Waals surface area contributed by atoms with E-state index >= 15 is 0 Å². The molecule has 0 heterocycles. The van der Waals surface area contributed by atoms with E-state index in [1.165, 1.54) is 22.3 Å². The molecule has 0 saturated heterocycles. The summed E-state index contributed by atoms with van der Waals surface area (Å²) < 4.78 is 0. The van der Waals surface area contributed by atoms with Crippen LogP contribution in [0.2, 0.25) is 0 Å². The highest BCUT2D eigenvalue weighted by Crippen LogP contribution is 2.27. The lowest BCUT2D eigenvalue weighted by atomic mass is 9.95. The minimum absolute atomic E-state index is 1.10. The molecule has 0 amide bonds. The molecule has 108 valence electrons. The molecule has 0 aromatic heterocycles. The van der Waals surface area contributed by atoms with Crippen molar-refractivity contribution in [2.75, 3.05) is 0 Å². The fraction of sp³-hybridized carbons (Fsp3) is 0.143. The molecule has 21 heavy (non-hydrogen) atoms. The Labute approximate surface area is 129 Å². The van der Waals surface area contributed by atoms with Crippen molar-refractivity contribution in [3.8, 4) is 11.1 Å². The molecule has 0 aliphatic rings. The van der Waals surface area contributed by atoms with Crippen LogP contribution in [0, 0.1) is 6.92 Å². The van der Waals surface area contributed by atoms with Gasteiger partial charge in [-0.3, -0.25) is 0 Å². The van der Waals surface area contributed by atoms with E-state index in [9.17, 15) is 0 Å². The maximum atomic E-state index is 3.88. The molecule has 0 aliphatic carbocycles. The van der Waals surface area contributed by atoms with Gasteiger partial charge in [-0.05, 0) is 40.8 Å². The van der Waals surface area contributed by atoms with Gasteiger partial charge < -0.3 is 0 Å². The van der Waals surface area contributed by atoms with E-state index in [-0.39, 0.29) is 0 Å². The Morgan fingerprint density at radius 1 is 0.905 bits per heavy atom. The van der Waals surface area contributed by atoms with Gasteiger partial charge in [0.2, 0.25) is 0 Å². The molecule has 0 atom stereocenters. The minimum atomic E-state index is 1.10. The van der Waals surface area contributed by atoms with Gasteiger partial charge in [0, 0.05) is 0 Å². The molecule has 0 fully saturated rings. The van der Waals surface area contributed by atoms with Crippen LogP contribution < -0.4 is 0 Å². The molecular weight excluding hydrogens is 252 g/mol. The zero-order chi connectivity index (χ0) is 15.7. The lowest BCUT2D eigenvalue weighted by Crippen LogP contribution is -1.88. The summed E-state index contributed by atoms with van der Waals surface area (Å²) in [5, 5.41) is 0. The van der Waals surface area contributed by atoms with Gasteiger partial charge in [0.05, 0.1) is 0 Å². The summed E-state index contributed by atoms with van der Waals surface area (Å²) in [7, 11) is 0. The highest BCUT2D eigenvalue weighted by molar-refractivity contribution is 5.80. The van der Waals surface area contributed by atoms with Crippen molar-refractivity contribution in [1.29, 1.82) is 0 Å². The Morgan fingerprint density at radius 2 is 1.57 bits per heavy atom. The third-order valence-electron chi connectivity index (χ3n) is 3.17. The molecule has 2 rings (SSSR count). The molecule has 0 nitrogen and oxygen atoms in total. The summed E-state index contributed by atoms with van der Waals surface area (Å²) in [6.45, 7) is 13.8. The number of hydrogen-bond donors (Lipinski definition) is 0. The van der Waals surface area contributed by atoms with Gasteiger partial charge in [0.25, 0.3) is 0 Å². The van der Waals surface area contributed by atoms with Gasteiger partial charge in [-0.1, -0.05) is 87.7 Å². The molecule has 0 saturated carbocycles. The Bertz CT molecular complexity index is 616. The first-order chi connectivity index (χ1) is 10.3. The van der Waals surface area contributed by atoms with Crippen LogP contribution in [0.5, 0.6) is 0 Å². The van der Waals surface area contributed by atoms with Crippen molar-refractivity contribution in [2.24, 2.45) is 0 Å². The standard InChI is InChI=1S/C19H18.C2H6/c1-4-9-16(5-2)19-14-18(13-12-15(19)3)17-10-7-6-8-11-17;1-2/h4-14H,1-2H2,3H3;1-2H3/b16-9+;. The maximum absolute atomic E-state index is 3.88. The van der Waals surface area contributed by atoms with E-state index in [2.05, 4.69) is 62.5 Å². The Morgan fingerprint density at radius 3 is 2.14 bits per heavy atom. The summed E-state index contributed by atoms with van der Waals surface area (Å²) in [5.74, 6) is 0. The van der Waals surface area contributed by atoms with E-state index in [4.69, 9.17) is 0 Å². The highest BCUT2D eigenvalue weighted by atomic mass is 14.1. The van der Waals surface area contributed by atoms with Crippen molar-refractivity contribution in [3.05, 3.63) is 91.0 Å². The third kappa shape index (κ3) is 4.32. The lowest BCUT2D eigenvalue weighted by Gasteiger charge is -2.10. The van der Waals surface area contributed by atoms with Gasteiger partial charge in [-0.15, -0.1) is 0 Å². The smallest absolute Gasteiger partial charge is 0.0149 e. The first-order valence-electron chi connectivity index (χ1n) is 7.38. The van der Waals surface area contributed by atoms with Gasteiger partial charge in [0.15, 0.2) is 0 Å². The van der Waals surface area contributed by atoms with Crippen molar-refractivity contribution in [1.82, 2.24) is 0 Å². The predicted molar refractivity (Wildman–Crippen MR) is 96.3 cm³/mol. The zero-order valence-corrected chi connectivity index (χ0v) is 13.3. The number of hydrogen-bond acceptors (Lipinski definition) is 0. The van der Waals surface area contributed by atoms with E-state index < -0.39 is 0 Å². The van der Waals surface area contributed by atoms with Crippen molar-refractivity contribution in [3.63, 3.8) is 0 Å². The van der Waals surface area contributed by atoms with E-state index in [1.807, 2.05) is 32.1 Å². The molecule has 0 heteroatoms.